The van der Waals surface area contributed by atoms with Gasteiger partial charge in [-0.05, 0) is 35.7 Å². The van der Waals surface area contributed by atoms with Crippen molar-refractivity contribution < 1.29 is 4.79 Å². The molecule has 128 valence electrons. The van der Waals surface area contributed by atoms with E-state index in [0.29, 0.717) is 6.54 Å². The van der Waals surface area contributed by atoms with Gasteiger partial charge >= 0.3 is 0 Å². The highest BCUT2D eigenvalue weighted by Crippen LogP contribution is 2.31. The van der Waals surface area contributed by atoms with Gasteiger partial charge in [-0.25, -0.2) is 4.98 Å². The second kappa shape index (κ2) is 5.56. The molecule has 0 saturated heterocycles. The van der Waals surface area contributed by atoms with Gasteiger partial charge in [0.1, 0.15) is 5.65 Å². The smallest absolute Gasteiger partial charge is 0.251 e. The van der Waals surface area contributed by atoms with Gasteiger partial charge in [-0.3, -0.25) is 9.48 Å². The van der Waals surface area contributed by atoms with E-state index in [2.05, 4.69) is 27.5 Å². The number of hydrogen-bond donors (Lipinski definition) is 2. The maximum absolute atomic E-state index is 11.9. The van der Waals surface area contributed by atoms with Gasteiger partial charge < -0.3 is 10.3 Å². The minimum atomic E-state index is 0.0134. The van der Waals surface area contributed by atoms with Gasteiger partial charge in [-0.1, -0.05) is 12.1 Å². The first-order chi connectivity index (χ1) is 12.7. The summed E-state index contributed by atoms with van der Waals surface area (Å²) in [7, 11) is 1.89. The summed E-state index contributed by atoms with van der Waals surface area (Å²) in [4.78, 5) is 19.9. The van der Waals surface area contributed by atoms with Crippen molar-refractivity contribution in [1.29, 1.82) is 0 Å². The van der Waals surface area contributed by atoms with E-state index < -0.39 is 0 Å². The molecule has 0 aliphatic carbocycles. The van der Waals surface area contributed by atoms with Crippen molar-refractivity contribution in [3.05, 3.63) is 60.0 Å². The van der Waals surface area contributed by atoms with Crippen LogP contribution in [0.5, 0.6) is 0 Å². The Balaban J connectivity index is 1.59. The van der Waals surface area contributed by atoms with E-state index in [1.165, 1.54) is 0 Å². The van der Waals surface area contributed by atoms with Crippen molar-refractivity contribution >= 4 is 16.9 Å². The highest BCUT2D eigenvalue weighted by Gasteiger charge is 2.18. The van der Waals surface area contributed by atoms with Crippen LogP contribution in [0.2, 0.25) is 0 Å². The van der Waals surface area contributed by atoms with E-state index in [1.807, 2.05) is 43.8 Å². The van der Waals surface area contributed by atoms with E-state index >= 15 is 0 Å². The summed E-state index contributed by atoms with van der Waals surface area (Å²) >= 11 is 0. The Morgan fingerprint density at radius 1 is 1.12 bits per heavy atom. The predicted molar refractivity (Wildman–Crippen MR) is 99.8 cm³/mol. The summed E-state index contributed by atoms with van der Waals surface area (Å²) in [6.45, 7) is 0.694. The van der Waals surface area contributed by atoms with E-state index in [1.54, 1.807) is 4.68 Å². The fourth-order valence-electron chi connectivity index (χ4n) is 3.55. The molecule has 0 fully saturated rings. The zero-order chi connectivity index (χ0) is 17.7. The molecule has 26 heavy (non-hydrogen) atoms. The molecule has 1 aliphatic heterocycles. The summed E-state index contributed by atoms with van der Waals surface area (Å²) in [5.74, 6) is 0.0134. The number of carbonyl (C=O) groups is 1. The molecule has 0 spiro atoms. The third-order valence-corrected chi connectivity index (χ3v) is 4.88. The summed E-state index contributed by atoms with van der Waals surface area (Å²) in [6, 6.07) is 10.1. The summed E-state index contributed by atoms with van der Waals surface area (Å²) in [5, 5.41) is 8.16. The average Bonchev–Trinajstić information content (AvgIpc) is 3.27. The third-order valence-electron chi connectivity index (χ3n) is 4.88. The number of rotatable bonds is 2. The van der Waals surface area contributed by atoms with Crippen molar-refractivity contribution in [1.82, 2.24) is 25.1 Å². The number of nitrogens with one attached hydrogen (secondary N) is 2. The topological polar surface area (TPSA) is 75.6 Å². The van der Waals surface area contributed by atoms with Crippen LogP contribution in [0.4, 0.5) is 0 Å². The van der Waals surface area contributed by atoms with Crippen LogP contribution < -0.4 is 5.32 Å². The lowest BCUT2D eigenvalue weighted by atomic mass is 9.95. The number of aryl methyl sites for hydroxylation is 1. The number of carbonyl (C=O) groups excluding carboxylic acids is 1. The number of nitrogens with zero attached hydrogens (tertiary/aromatic N) is 3. The van der Waals surface area contributed by atoms with E-state index in [9.17, 15) is 4.79 Å². The molecule has 0 unspecified atom stereocenters. The Hall–Kier alpha value is -3.41. The molecule has 3 aromatic heterocycles. The van der Waals surface area contributed by atoms with Gasteiger partial charge in [0, 0.05) is 48.1 Å². The van der Waals surface area contributed by atoms with Crippen molar-refractivity contribution in [2.75, 3.05) is 6.54 Å². The minimum Gasteiger partial charge on any atom is -0.352 e. The number of pyridine rings is 1. The van der Waals surface area contributed by atoms with Crippen LogP contribution in [0.3, 0.4) is 0 Å². The van der Waals surface area contributed by atoms with E-state index in [-0.39, 0.29) is 5.91 Å². The maximum Gasteiger partial charge on any atom is 0.251 e. The Kier molecular flexibility index (Phi) is 3.18. The van der Waals surface area contributed by atoms with Gasteiger partial charge in [0.25, 0.3) is 5.91 Å². The molecule has 6 nitrogen and oxygen atoms in total. The molecule has 4 heterocycles. The summed E-state index contributed by atoms with van der Waals surface area (Å²) in [5.41, 5.74) is 6.79. The van der Waals surface area contributed by atoms with Gasteiger partial charge in [-0.2, -0.15) is 5.10 Å². The number of aromatic amines is 1. The Bertz CT molecular complexity index is 1150. The molecule has 1 amide bonds. The molecule has 5 rings (SSSR count). The molecule has 6 heteroatoms. The number of amides is 1. The normalized spacial score (nSPS) is 13.7. The fraction of sp³-hybridized carbons (Fsp3) is 0.150. The first-order valence-corrected chi connectivity index (χ1v) is 8.58. The fourth-order valence-corrected chi connectivity index (χ4v) is 3.55. The molecule has 0 bridgehead atoms. The largest absolute Gasteiger partial charge is 0.352 e. The summed E-state index contributed by atoms with van der Waals surface area (Å²) in [6.07, 6.45) is 6.61. The van der Waals surface area contributed by atoms with E-state index in [0.717, 1.165) is 51.0 Å². The van der Waals surface area contributed by atoms with Crippen LogP contribution in [0.1, 0.15) is 15.9 Å². The SMILES string of the molecule is Cn1cc(-c2ccc3c(-c4ccc5c(c4)CCNC5=O)c[nH]c3n2)cn1. The molecule has 0 saturated carbocycles. The standard InChI is InChI=1S/C20H17N5O/c1-25-11-14(9-23-25)18-5-4-16-17(10-22-19(16)24-18)12-2-3-15-13(8-12)6-7-21-20(15)26/h2-5,8-11H,6-7H2,1H3,(H,21,26)(H,22,24). The molecular formula is C20H17N5O. The van der Waals surface area contributed by atoms with Crippen LogP contribution in [0.25, 0.3) is 33.4 Å². The van der Waals surface area contributed by atoms with Gasteiger partial charge in [0.2, 0.25) is 0 Å². The Labute approximate surface area is 149 Å². The molecular weight excluding hydrogens is 326 g/mol. The van der Waals surface area contributed by atoms with Crippen LogP contribution in [0.15, 0.2) is 48.9 Å². The molecule has 1 aromatic carbocycles. The van der Waals surface area contributed by atoms with Gasteiger partial charge in [0.05, 0.1) is 11.9 Å². The highest BCUT2D eigenvalue weighted by atomic mass is 16.1. The lowest BCUT2D eigenvalue weighted by molar-refractivity contribution is 0.0946. The molecule has 2 N–H and O–H groups in total. The zero-order valence-corrected chi connectivity index (χ0v) is 14.3. The lowest BCUT2D eigenvalue weighted by Crippen LogP contribution is -2.31. The van der Waals surface area contributed by atoms with Crippen molar-refractivity contribution in [3.8, 4) is 22.4 Å². The summed E-state index contributed by atoms with van der Waals surface area (Å²) < 4.78 is 1.77. The van der Waals surface area contributed by atoms with Crippen molar-refractivity contribution in [3.63, 3.8) is 0 Å². The average molecular weight is 343 g/mol. The minimum absolute atomic E-state index is 0.0134. The lowest BCUT2D eigenvalue weighted by Gasteiger charge is -2.17. The first kappa shape index (κ1) is 14.9. The number of fused-ring (bicyclic) bond motifs is 2. The molecule has 1 aliphatic rings. The second-order valence-corrected chi connectivity index (χ2v) is 6.58. The van der Waals surface area contributed by atoms with Crippen molar-refractivity contribution in [2.45, 2.75) is 6.42 Å². The van der Waals surface area contributed by atoms with Gasteiger partial charge in [-0.15, -0.1) is 0 Å². The van der Waals surface area contributed by atoms with Crippen LogP contribution in [-0.4, -0.2) is 32.2 Å². The van der Waals surface area contributed by atoms with Crippen molar-refractivity contribution in [2.24, 2.45) is 7.05 Å². The number of benzene rings is 1. The predicted octanol–water partition coefficient (Wildman–Crippen LogP) is 2.92. The highest BCUT2D eigenvalue weighted by molar-refractivity contribution is 5.99. The van der Waals surface area contributed by atoms with Crippen LogP contribution >= 0.6 is 0 Å². The quantitative estimate of drug-likeness (QED) is 0.588. The number of hydrogen-bond acceptors (Lipinski definition) is 3. The van der Waals surface area contributed by atoms with E-state index in [4.69, 9.17) is 4.98 Å². The molecule has 4 aromatic rings. The molecule has 0 radical (unpaired) electrons. The Morgan fingerprint density at radius 3 is 2.88 bits per heavy atom. The monoisotopic (exact) mass is 343 g/mol. The van der Waals surface area contributed by atoms with Crippen LogP contribution in [0, 0.1) is 0 Å². The number of aromatic nitrogens is 4. The van der Waals surface area contributed by atoms with Crippen LogP contribution in [-0.2, 0) is 13.5 Å². The number of H-pyrrole nitrogens is 1. The third kappa shape index (κ3) is 2.30. The molecule has 0 atom stereocenters. The Morgan fingerprint density at radius 2 is 2.04 bits per heavy atom. The zero-order valence-electron chi connectivity index (χ0n) is 14.3. The first-order valence-electron chi connectivity index (χ1n) is 8.58. The maximum atomic E-state index is 11.9. The second-order valence-electron chi connectivity index (χ2n) is 6.58. The van der Waals surface area contributed by atoms with Gasteiger partial charge in [0.15, 0.2) is 0 Å².